The summed E-state index contributed by atoms with van der Waals surface area (Å²) >= 11 is 6.07. The highest BCUT2D eigenvalue weighted by Crippen LogP contribution is 2.41. The number of hydrogen-bond donors (Lipinski definition) is 1. The van der Waals surface area contributed by atoms with Crippen LogP contribution in [0.1, 0.15) is 43.8 Å². The molecule has 6 heteroatoms. The summed E-state index contributed by atoms with van der Waals surface area (Å²) in [6.07, 6.45) is 6.57. The molecular weight excluding hydrogens is 278 g/mol. The molecule has 1 heterocycles. The van der Waals surface area contributed by atoms with Gasteiger partial charge >= 0.3 is 5.97 Å². The van der Waals surface area contributed by atoms with Gasteiger partial charge in [-0.3, -0.25) is 14.8 Å². The Morgan fingerprint density at radius 2 is 2.30 bits per heavy atom. The molecule has 2 unspecified atom stereocenters. The van der Waals surface area contributed by atoms with Gasteiger partial charge in [0.05, 0.1) is 23.9 Å². The molecule has 2 aliphatic carbocycles. The van der Waals surface area contributed by atoms with Crippen LogP contribution in [-0.2, 0) is 9.53 Å². The summed E-state index contributed by atoms with van der Waals surface area (Å²) in [6, 6.07) is 0.669. The highest BCUT2D eigenvalue weighted by molar-refractivity contribution is 6.31. The molecule has 0 aromatic carbocycles. The molecule has 1 aromatic heterocycles. The van der Waals surface area contributed by atoms with E-state index in [2.05, 4.69) is 10.4 Å². The second-order valence-electron chi connectivity index (χ2n) is 5.93. The van der Waals surface area contributed by atoms with Crippen LogP contribution < -0.4 is 5.32 Å². The number of methoxy groups -OCH3 is 1. The van der Waals surface area contributed by atoms with Gasteiger partial charge in [0.15, 0.2) is 0 Å². The number of carbonyl (C=O) groups excluding carboxylic acids is 1. The van der Waals surface area contributed by atoms with Gasteiger partial charge in [0, 0.05) is 12.2 Å². The minimum Gasteiger partial charge on any atom is -0.468 e. The summed E-state index contributed by atoms with van der Waals surface area (Å²) in [7, 11) is 1.46. The highest BCUT2D eigenvalue weighted by Gasteiger charge is 2.49. The van der Waals surface area contributed by atoms with Crippen molar-refractivity contribution in [3.05, 3.63) is 16.9 Å². The molecule has 0 radical (unpaired) electrons. The first-order valence-electron chi connectivity index (χ1n) is 7.11. The molecule has 0 aliphatic heterocycles. The van der Waals surface area contributed by atoms with Crippen LogP contribution >= 0.6 is 11.6 Å². The Kier molecular flexibility index (Phi) is 3.50. The molecule has 0 amide bonds. The SMILES string of the molecule is COC(=O)C1(NC2CC2)CCC(n2cc(Cl)c(C)n2)C1. The van der Waals surface area contributed by atoms with Crippen LogP contribution in [0.25, 0.3) is 0 Å². The standard InChI is InChI=1S/C14H20ClN3O2/c1-9-12(15)8-18(17-9)11-5-6-14(7-11,13(19)20-2)16-10-3-4-10/h8,10-11,16H,3-7H2,1-2H3. The van der Waals surface area contributed by atoms with E-state index in [1.165, 1.54) is 7.11 Å². The zero-order valence-corrected chi connectivity index (χ0v) is 12.6. The van der Waals surface area contributed by atoms with Crippen LogP contribution in [0.15, 0.2) is 6.20 Å². The summed E-state index contributed by atoms with van der Waals surface area (Å²) in [5, 5.41) is 8.61. The fourth-order valence-electron chi connectivity index (χ4n) is 3.08. The van der Waals surface area contributed by atoms with Crippen molar-refractivity contribution < 1.29 is 9.53 Å². The van der Waals surface area contributed by atoms with Gasteiger partial charge < -0.3 is 4.74 Å². The van der Waals surface area contributed by atoms with Crippen molar-refractivity contribution in [1.82, 2.24) is 15.1 Å². The molecule has 0 saturated heterocycles. The number of nitrogens with zero attached hydrogens (tertiary/aromatic N) is 2. The summed E-state index contributed by atoms with van der Waals surface area (Å²) in [6.45, 7) is 1.89. The summed E-state index contributed by atoms with van der Waals surface area (Å²) < 4.78 is 6.92. The largest absolute Gasteiger partial charge is 0.468 e. The Balaban J connectivity index is 1.79. The summed E-state index contributed by atoms with van der Waals surface area (Å²) in [4.78, 5) is 12.2. The van der Waals surface area contributed by atoms with E-state index in [0.29, 0.717) is 17.5 Å². The number of nitrogens with one attached hydrogen (secondary N) is 1. The van der Waals surface area contributed by atoms with Crippen LogP contribution in [0.5, 0.6) is 0 Å². The van der Waals surface area contributed by atoms with Crippen molar-refractivity contribution in [1.29, 1.82) is 0 Å². The van der Waals surface area contributed by atoms with Crippen molar-refractivity contribution in [2.75, 3.05) is 7.11 Å². The van der Waals surface area contributed by atoms with Gasteiger partial charge in [-0.2, -0.15) is 5.10 Å². The quantitative estimate of drug-likeness (QED) is 0.866. The van der Waals surface area contributed by atoms with Gasteiger partial charge in [0.2, 0.25) is 0 Å². The van der Waals surface area contributed by atoms with E-state index in [1.807, 2.05) is 17.8 Å². The molecule has 20 heavy (non-hydrogen) atoms. The predicted octanol–water partition coefficient (Wildman–Crippen LogP) is 2.23. The third-order valence-corrected chi connectivity index (χ3v) is 4.72. The third-order valence-electron chi connectivity index (χ3n) is 4.35. The molecule has 2 saturated carbocycles. The van der Waals surface area contributed by atoms with E-state index in [9.17, 15) is 4.79 Å². The molecule has 0 bridgehead atoms. The molecule has 2 atom stereocenters. The normalized spacial score (nSPS) is 29.6. The number of hydrogen-bond acceptors (Lipinski definition) is 4. The van der Waals surface area contributed by atoms with Crippen LogP contribution in [0.2, 0.25) is 5.02 Å². The second-order valence-corrected chi connectivity index (χ2v) is 6.34. The minimum absolute atomic E-state index is 0.151. The zero-order chi connectivity index (χ0) is 14.3. The van der Waals surface area contributed by atoms with Crippen molar-refractivity contribution in [3.63, 3.8) is 0 Å². The van der Waals surface area contributed by atoms with Crippen LogP contribution in [0.3, 0.4) is 0 Å². The molecule has 110 valence electrons. The van der Waals surface area contributed by atoms with Gasteiger partial charge in [-0.1, -0.05) is 11.6 Å². The van der Waals surface area contributed by atoms with Crippen molar-refractivity contribution >= 4 is 17.6 Å². The third kappa shape index (κ3) is 2.44. The molecule has 3 rings (SSSR count). The zero-order valence-electron chi connectivity index (χ0n) is 11.9. The maximum Gasteiger partial charge on any atom is 0.326 e. The maximum atomic E-state index is 12.2. The van der Waals surface area contributed by atoms with E-state index in [4.69, 9.17) is 16.3 Å². The highest BCUT2D eigenvalue weighted by atomic mass is 35.5. The Bertz CT molecular complexity index is 507. The molecule has 5 nitrogen and oxygen atoms in total. The van der Waals surface area contributed by atoms with Gasteiger partial charge in [0.25, 0.3) is 0 Å². The number of esters is 1. The van der Waals surface area contributed by atoms with Crippen molar-refractivity contribution in [2.45, 2.75) is 56.7 Å². The molecule has 2 aliphatic rings. The number of aryl methyl sites for hydroxylation is 1. The monoisotopic (exact) mass is 297 g/mol. The number of aromatic nitrogens is 2. The smallest absolute Gasteiger partial charge is 0.326 e. The molecule has 1 N–H and O–H groups in total. The van der Waals surface area contributed by atoms with Crippen molar-refractivity contribution in [2.24, 2.45) is 0 Å². The van der Waals surface area contributed by atoms with Crippen LogP contribution in [0, 0.1) is 6.92 Å². The molecular formula is C14H20ClN3O2. The first-order valence-corrected chi connectivity index (χ1v) is 7.49. The molecule has 0 spiro atoms. The van der Waals surface area contributed by atoms with E-state index in [0.717, 1.165) is 31.4 Å². The van der Waals surface area contributed by atoms with Gasteiger partial charge in [0.1, 0.15) is 5.54 Å². The van der Waals surface area contributed by atoms with E-state index >= 15 is 0 Å². The number of halogens is 1. The van der Waals surface area contributed by atoms with Gasteiger partial charge in [-0.05, 0) is 39.0 Å². The predicted molar refractivity (Wildman–Crippen MR) is 75.8 cm³/mol. The fourth-order valence-corrected chi connectivity index (χ4v) is 3.22. The topological polar surface area (TPSA) is 56.1 Å². The lowest BCUT2D eigenvalue weighted by molar-refractivity contribution is -0.148. The molecule has 1 aromatic rings. The van der Waals surface area contributed by atoms with E-state index in [-0.39, 0.29) is 12.0 Å². The van der Waals surface area contributed by atoms with Crippen molar-refractivity contribution in [3.8, 4) is 0 Å². The van der Waals surface area contributed by atoms with Gasteiger partial charge in [-0.25, -0.2) is 0 Å². The summed E-state index contributed by atoms with van der Waals surface area (Å²) in [5.74, 6) is -0.151. The summed E-state index contributed by atoms with van der Waals surface area (Å²) in [5.41, 5.74) is 0.282. The first-order chi connectivity index (χ1) is 9.54. The number of carbonyl (C=O) groups is 1. The lowest BCUT2D eigenvalue weighted by Crippen LogP contribution is -2.51. The lowest BCUT2D eigenvalue weighted by atomic mass is 9.97. The lowest BCUT2D eigenvalue weighted by Gasteiger charge is -2.27. The van der Waals surface area contributed by atoms with Crippen LogP contribution in [-0.4, -0.2) is 34.4 Å². The fraction of sp³-hybridized carbons (Fsp3) is 0.714. The number of rotatable bonds is 4. The minimum atomic E-state index is -0.549. The maximum absolute atomic E-state index is 12.2. The van der Waals surface area contributed by atoms with Gasteiger partial charge in [-0.15, -0.1) is 0 Å². The second kappa shape index (κ2) is 5.04. The Morgan fingerprint density at radius 3 is 2.85 bits per heavy atom. The van der Waals surface area contributed by atoms with Crippen LogP contribution in [0.4, 0.5) is 0 Å². The van der Waals surface area contributed by atoms with E-state index in [1.54, 1.807) is 0 Å². The molecule has 2 fully saturated rings. The Labute approximate surface area is 123 Å². The number of ether oxygens (including phenoxy) is 1. The first kappa shape index (κ1) is 13.9. The Hall–Kier alpha value is -1.07. The average Bonchev–Trinajstić information content (AvgIpc) is 3.03. The average molecular weight is 298 g/mol. The Morgan fingerprint density at radius 1 is 1.55 bits per heavy atom. The van der Waals surface area contributed by atoms with E-state index < -0.39 is 5.54 Å².